The third-order valence-electron chi connectivity index (χ3n) is 8.50. The number of hydrogen-bond donors (Lipinski definition) is 2. The fourth-order valence-electron chi connectivity index (χ4n) is 6.54. The fraction of sp³-hybridized carbons (Fsp3) is 0.0526. The molecule has 0 spiro atoms. The van der Waals surface area contributed by atoms with Crippen molar-refractivity contribution in [3.63, 3.8) is 0 Å². The molecule has 0 saturated carbocycles. The molecule has 1 aliphatic carbocycles. The predicted octanol–water partition coefficient (Wildman–Crippen LogP) is 9.15. The second kappa shape index (κ2) is 9.57. The van der Waals surface area contributed by atoms with Crippen LogP contribution in [-0.4, -0.2) is 14.8 Å². The molecule has 0 radical (unpaired) electrons. The highest BCUT2D eigenvalue weighted by atomic mass is 16.3. The van der Waals surface area contributed by atoms with Crippen LogP contribution in [0, 0.1) is 0 Å². The van der Waals surface area contributed by atoms with Crippen molar-refractivity contribution < 1.29 is 10.2 Å². The van der Waals surface area contributed by atoms with Gasteiger partial charge in [-0.05, 0) is 88.8 Å². The zero-order valence-electron chi connectivity index (χ0n) is 22.9. The van der Waals surface area contributed by atoms with Gasteiger partial charge < -0.3 is 19.7 Å². The van der Waals surface area contributed by atoms with E-state index in [-0.39, 0.29) is 0 Å². The standard InChI is InChI=1S/C38H28N2O2/c41-35-14-6-12-33-37(35)30-9-5-4-8-27(30)24-39(33)28-20-16-25(17-21-28)26-18-22-29(23-19-26)40-32-11-3-1-2-10-31(32)38-34(40)13-7-15-36(38)42/h1-9,11-23,41-42H,10,24H2. The van der Waals surface area contributed by atoms with E-state index in [9.17, 15) is 10.2 Å². The van der Waals surface area contributed by atoms with Crippen molar-refractivity contribution in [2.45, 2.75) is 13.0 Å². The second-order valence-electron chi connectivity index (χ2n) is 10.9. The van der Waals surface area contributed by atoms with E-state index in [0.717, 1.165) is 74.4 Å². The van der Waals surface area contributed by atoms with Gasteiger partial charge in [-0.25, -0.2) is 0 Å². The molecule has 5 aromatic carbocycles. The lowest BCUT2D eigenvalue weighted by Crippen LogP contribution is -2.21. The molecule has 4 nitrogen and oxygen atoms in total. The normalized spacial score (nSPS) is 13.5. The highest BCUT2D eigenvalue weighted by Gasteiger charge is 2.25. The van der Waals surface area contributed by atoms with Crippen molar-refractivity contribution in [3.05, 3.63) is 144 Å². The average Bonchev–Trinajstić information content (AvgIpc) is 3.16. The van der Waals surface area contributed by atoms with E-state index in [2.05, 4.69) is 113 Å². The molecule has 2 aliphatic rings. The zero-order chi connectivity index (χ0) is 28.2. The molecule has 42 heavy (non-hydrogen) atoms. The molecule has 1 aromatic heterocycles. The van der Waals surface area contributed by atoms with Crippen LogP contribution in [0.4, 0.5) is 11.4 Å². The van der Waals surface area contributed by atoms with E-state index < -0.39 is 0 Å². The number of phenols is 2. The number of allylic oxidation sites excluding steroid dienone is 3. The highest BCUT2D eigenvalue weighted by molar-refractivity contribution is 5.95. The van der Waals surface area contributed by atoms with E-state index in [4.69, 9.17) is 0 Å². The van der Waals surface area contributed by atoms with Gasteiger partial charge in [0.1, 0.15) is 11.5 Å². The van der Waals surface area contributed by atoms with Gasteiger partial charge in [0.05, 0.1) is 16.9 Å². The van der Waals surface area contributed by atoms with Gasteiger partial charge in [0.2, 0.25) is 0 Å². The second-order valence-corrected chi connectivity index (χ2v) is 10.9. The van der Waals surface area contributed by atoms with E-state index in [1.807, 2.05) is 18.2 Å². The number of benzene rings is 5. The average molecular weight is 545 g/mol. The largest absolute Gasteiger partial charge is 0.507 e. The highest BCUT2D eigenvalue weighted by Crippen LogP contribution is 2.47. The number of aromatic nitrogens is 1. The Morgan fingerprint density at radius 2 is 1.33 bits per heavy atom. The molecule has 202 valence electrons. The van der Waals surface area contributed by atoms with Crippen LogP contribution in [0.25, 0.3) is 44.9 Å². The number of nitrogens with zero attached hydrogens (tertiary/aromatic N) is 2. The van der Waals surface area contributed by atoms with Crippen LogP contribution in [0.2, 0.25) is 0 Å². The Bertz CT molecular complexity index is 2050. The molecule has 2 heterocycles. The van der Waals surface area contributed by atoms with Gasteiger partial charge in [-0.3, -0.25) is 0 Å². The van der Waals surface area contributed by atoms with Gasteiger partial charge in [0.25, 0.3) is 0 Å². The zero-order valence-corrected chi connectivity index (χ0v) is 22.9. The molecular weight excluding hydrogens is 516 g/mol. The summed E-state index contributed by atoms with van der Waals surface area (Å²) in [6.07, 6.45) is 9.17. The summed E-state index contributed by atoms with van der Waals surface area (Å²) in [6.45, 7) is 0.745. The van der Waals surface area contributed by atoms with Gasteiger partial charge >= 0.3 is 0 Å². The first-order chi connectivity index (χ1) is 20.7. The molecule has 0 unspecified atom stereocenters. The minimum absolute atomic E-state index is 0.302. The lowest BCUT2D eigenvalue weighted by Gasteiger charge is -2.33. The molecule has 6 aromatic rings. The van der Waals surface area contributed by atoms with Crippen molar-refractivity contribution in [1.82, 2.24) is 4.57 Å². The molecule has 2 N–H and O–H groups in total. The Labute approximate surface area is 244 Å². The number of aromatic hydroxyl groups is 2. The quantitative estimate of drug-likeness (QED) is 0.234. The van der Waals surface area contributed by atoms with Crippen LogP contribution in [-0.2, 0) is 13.0 Å². The maximum atomic E-state index is 10.8. The Hall–Kier alpha value is -5.48. The maximum absolute atomic E-state index is 10.8. The van der Waals surface area contributed by atoms with E-state index in [1.54, 1.807) is 12.1 Å². The van der Waals surface area contributed by atoms with Gasteiger partial charge in [0.15, 0.2) is 0 Å². The van der Waals surface area contributed by atoms with Gasteiger partial charge in [0, 0.05) is 28.9 Å². The van der Waals surface area contributed by atoms with Crippen LogP contribution in [0.5, 0.6) is 11.5 Å². The number of rotatable bonds is 3. The molecule has 0 saturated heterocycles. The summed E-state index contributed by atoms with van der Waals surface area (Å²) < 4.78 is 2.24. The van der Waals surface area contributed by atoms with Gasteiger partial charge in [-0.2, -0.15) is 0 Å². The maximum Gasteiger partial charge on any atom is 0.125 e. The van der Waals surface area contributed by atoms with Crippen LogP contribution in [0.15, 0.2) is 127 Å². The smallest absolute Gasteiger partial charge is 0.125 e. The molecule has 0 amide bonds. The number of phenolic OH excluding ortho intramolecular Hbond substituents is 2. The monoisotopic (exact) mass is 544 g/mol. The number of anilines is 2. The summed E-state index contributed by atoms with van der Waals surface area (Å²) in [6, 6.07) is 37.1. The molecule has 8 rings (SSSR count). The predicted molar refractivity (Wildman–Crippen MR) is 172 cm³/mol. The van der Waals surface area contributed by atoms with E-state index in [0.29, 0.717) is 11.5 Å². The van der Waals surface area contributed by atoms with Crippen molar-refractivity contribution in [2.24, 2.45) is 0 Å². The minimum Gasteiger partial charge on any atom is -0.507 e. The lowest BCUT2D eigenvalue weighted by molar-refractivity contribution is 0.477. The number of hydrogen-bond acceptors (Lipinski definition) is 3. The first-order valence-electron chi connectivity index (χ1n) is 14.2. The summed E-state index contributed by atoms with van der Waals surface area (Å²) in [5, 5.41) is 22.4. The van der Waals surface area contributed by atoms with E-state index in [1.165, 1.54) is 5.56 Å². The Balaban J connectivity index is 1.14. The SMILES string of the molecule is Oc1cccc2c1-c1ccccc1CN2c1ccc(-c2ccc(-n3c4c(c5c(O)cccc53)CC=CC=C4)cc2)cc1. The van der Waals surface area contributed by atoms with Crippen LogP contribution in [0.1, 0.15) is 16.8 Å². The van der Waals surface area contributed by atoms with E-state index >= 15 is 0 Å². The minimum atomic E-state index is 0.302. The van der Waals surface area contributed by atoms with Crippen LogP contribution < -0.4 is 4.90 Å². The Kier molecular flexibility index (Phi) is 5.54. The Morgan fingerprint density at radius 3 is 2.14 bits per heavy atom. The lowest BCUT2D eigenvalue weighted by atomic mass is 9.92. The summed E-state index contributed by atoms with van der Waals surface area (Å²) in [4.78, 5) is 2.27. The Morgan fingerprint density at radius 1 is 0.619 bits per heavy atom. The molecule has 4 heteroatoms. The van der Waals surface area contributed by atoms with Crippen LogP contribution in [0.3, 0.4) is 0 Å². The fourth-order valence-corrected chi connectivity index (χ4v) is 6.54. The summed E-state index contributed by atoms with van der Waals surface area (Å²) in [5.41, 5.74) is 11.8. The first-order valence-corrected chi connectivity index (χ1v) is 14.2. The topological polar surface area (TPSA) is 48.6 Å². The third kappa shape index (κ3) is 3.76. The molecule has 1 aliphatic heterocycles. The summed E-state index contributed by atoms with van der Waals surface area (Å²) in [5.74, 6) is 0.619. The van der Waals surface area contributed by atoms with Crippen molar-refractivity contribution in [2.75, 3.05) is 4.90 Å². The molecular formula is C38H28N2O2. The summed E-state index contributed by atoms with van der Waals surface area (Å²) >= 11 is 0. The molecule has 0 bridgehead atoms. The van der Waals surface area contributed by atoms with Crippen molar-refractivity contribution in [3.8, 4) is 39.4 Å². The molecule has 0 atom stereocenters. The van der Waals surface area contributed by atoms with Gasteiger partial charge in [-0.15, -0.1) is 0 Å². The summed E-state index contributed by atoms with van der Waals surface area (Å²) in [7, 11) is 0. The first kappa shape index (κ1) is 24.3. The van der Waals surface area contributed by atoms with Gasteiger partial charge in [-0.1, -0.05) is 78.9 Å². The molecule has 0 fully saturated rings. The number of fused-ring (bicyclic) bond motifs is 6. The van der Waals surface area contributed by atoms with Crippen LogP contribution >= 0.6 is 0 Å². The third-order valence-corrected chi connectivity index (χ3v) is 8.50. The van der Waals surface area contributed by atoms with Crippen molar-refractivity contribution in [1.29, 1.82) is 0 Å². The van der Waals surface area contributed by atoms with Crippen molar-refractivity contribution >= 4 is 28.4 Å².